The minimum atomic E-state index is -0.0163. The predicted octanol–water partition coefficient (Wildman–Crippen LogP) is 5.15. The van der Waals surface area contributed by atoms with Crippen molar-refractivity contribution < 1.29 is 0 Å². The Morgan fingerprint density at radius 1 is 0.696 bits per heavy atom. The van der Waals surface area contributed by atoms with Crippen LogP contribution in [0, 0.1) is 0 Å². The number of hydrogen-bond acceptors (Lipinski definition) is 1. The quantitative estimate of drug-likeness (QED) is 0.609. The van der Waals surface area contributed by atoms with Gasteiger partial charge in [0.15, 0.2) is 0 Å². The van der Waals surface area contributed by atoms with Gasteiger partial charge in [-0.25, -0.2) is 0 Å². The first kappa shape index (κ1) is 17.0. The van der Waals surface area contributed by atoms with E-state index in [1.54, 1.807) is 0 Å². The van der Waals surface area contributed by atoms with Crippen LogP contribution < -0.4 is 0 Å². The number of aromatic nitrogens is 1. The largest absolute Gasteiger partial charge is 0.261 e. The Balaban J connectivity index is 0.000000185. The minimum absolute atomic E-state index is 0.0163. The van der Waals surface area contributed by atoms with E-state index < -0.39 is 0 Å². The molecule has 3 rings (SSSR count). The molecule has 1 aromatic heterocycles. The lowest BCUT2D eigenvalue weighted by Crippen LogP contribution is -1.99. The summed E-state index contributed by atoms with van der Waals surface area (Å²) in [5.74, 6) is 0.531. The fourth-order valence-electron chi connectivity index (χ4n) is 2.23. The van der Waals surface area contributed by atoms with Gasteiger partial charge in [-0.1, -0.05) is 80.6 Å². The second-order valence-corrected chi connectivity index (χ2v) is 5.71. The third-order valence-corrected chi connectivity index (χ3v) is 3.60. The molecule has 0 aliphatic heterocycles. The Bertz CT molecular complexity index is 626. The maximum Gasteiger partial charge on any atom is 0.0828 e. The number of rotatable bonds is 3. The molecule has 0 amide bonds. The second-order valence-electron chi connectivity index (χ2n) is 5.71. The van der Waals surface area contributed by atoms with E-state index >= 15 is 0 Å². The summed E-state index contributed by atoms with van der Waals surface area (Å²) in [7, 11) is 6.12. The lowest BCUT2D eigenvalue weighted by molar-refractivity contribution is 0.823. The van der Waals surface area contributed by atoms with Crippen LogP contribution in [0.3, 0.4) is 0 Å². The maximum absolute atomic E-state index is 6.12. The van der Waals surface area contributed by atoms with Crippen molar-refractivity contribution >= 4 is 7.85 Å². The smallest absolute Gasteiger partial charge is 0.0828 e. The summed E-state index contributed by atoms with van der Waals surface area (Å²) in [6.45, 7) is 4.28. The number of hydrogen-bond donors (Lipinski definition) is 0. The molecule has 0 fully saturated rings. The van der Waals surface area contributed by atoms with Gasteiger partial charge >= 0.3 is 0 Å². The molecule has 2 radical (unpaired) electrons. The van der Waals surface area contributed by atoms with Gasteiger partial charge in [0.25, 0.3) is 0 Å². The molecule has 2 aromatic carbocycles. The first-order valence-electron chi connectivity index (χ1n) is 7.95. The highest BCUT2D eigenvalue weighted by atomic mass is 14.7. The first-order valence-corrected chi connectivity index (χ1v) is 7.95. The molecule has 2 heteroatoms. The van der Waals surface area contributed by atoms with E-state index in [1.165, 1.54) is 0 Å². The van der Waals surface area contributed by atoms with Crippen LogP contribution in [0.5, 0.6) is 0 Å². The SMILES string of the molecule is CC(C)c1ccccn1.[B]C(c1ccccc1)c1ccccc1. The molecule has 0 bridgehead atoms. The number of benzene rings is 2. The van der Waals surface area contributed by atoms with Crippen LogP contribution in [-0.4, -0.2) is 12.8 Å². The fourth-order valence-corrected chi connectivity index (χ4v) is 2.23. The van der Waals surface area contributed by atoms with E-state index in [4.69, 9.17) is 7.85 Å². The Kier molecular flexibility index (Phi) is 6.62. The molecule has 0 saturated heterocycles. The minimum Gasteiger partial charge on any atom is -0.261 e. The third-order valence-electron chi connectivity index (χ3n) is 3.60. The molecule has 0 N–H and O–H groups in total. The van der Waals surface area contributed by atoms with Gasteiger partial charge in [-0.3, -0.25) is 4.98 Å². The third kappa shape index (κ3) is 5.41. The molecule has 0 aliphatic carbocycles. The molecule has 1 nitrogen and oxygen atoms in total. The highest BCUT2D eigenvalue weighted by Gasteiger charge is 2.05. The molecule has 0 atom stereocenters. The van der Waals surface area contributed by atoms with Crippen LogP contribution >= 0.6 is 0 Å². The van der Waals surface area contributed by atoms with Crippen LogP contribution in [0.25, 0.3) is 0 Å². The van der Waals surface area contributed by atoms with Crippen molar-refractivity contribution in [3.8, 4) is 0 Å². The number of nitrogens with zero attached hydrogens (tertiary/aromatic N) is 1. The van der Waals surface area contributed by atoms with Gasteiger partial charge in [0.05, 0.1) is 7.85 Å². The number of pyridine rings is 1. The summed E-state index contributed by atoms with van der Waals surface area (Å²) >= 11 is 0. The molecule has 0 saturated carbocycles. The van der Waals surface area contributed by atoms with Crippen LogP contribution in [-0.2, 0) is 0 Å². The molecule has 1 heterocycles. The van der Waals surface area contributed by atoms with Crippen molar-refractivity contribution in [2.45, 2.75) is 25.6 Å². The molecule has 0 aliphatic rings. The summed E-state index contributed by atoms with van der Waals surface area (Å²) in [5.41, 5.74) is 3.47. The Hall–Kier alpha value is -2.35. The molecular weight excluding hydrogens is 277 g/mol. The predicted molar refractivity (Wildman–Crippen MR) is 98.8 cm³/mol. The van der Waals surface area contributed by atoms with Crippen molar-refractivity contribution in [3.05, 3.63) is 102 Å². The monoisotopic (exact) mass is 299 g/mol. The molecule has 114 valence electrons. The first-order chi connectivity index (χ1) is 11.2. The van der Waals surface area contributed by atoms with Gasteiger partial charge in [0.2, 0.25) is 0 Å². The lowest BCUT2D eigenvalue weighted by Gasteiger charge is -2.12. The van der Waals surface area contributed by atoms with Gasteiger partial charge in [0, 0.05) is 11.9 Å². The van der Waals surface area contributed by atoms with Gasteiger partial charge < -0.3 is 0 Å². The van der Waals surface area contributed by atoms with Crippen molar-refractivity contribution in [2.75, 3.05) is 0 Å². The standard InChI is InChI=1S/C13H11B.C8H11N/c14-13(11-7-3-1-4-8-11)12-9-5-2-6-10-12;1-7(2)8-5-3-4-6-9-8/h1-10,13H;3-7H,1-2H3. The van der Waals surface area contributed by atoms with Crippen LogP contribution in [0.15, 0.2) is 85.1 Å². The van der Waals surface area contributed by atoms with Gasteiger partial charge in [-0.2, -0.15) is 0 Å². The molecule has 3 aromatic rings. The zero-order valence-electron chi connectivity index (χ0n) is 13.8. The molecule has 23 heavy (non-hydrogen) atoms. The van der Waals surface area contributed by atoms with Crippen molar-refractivity contribution in [2.24, 2.45) is 0 Å². The van der Waals surface area contributed by atoms with Crippen LogP contribution in [0.4, 0.5) is 0 Å². The summed E-state index contributed by atoms with van der Waals surface area (Å²) in [5, 5.41) is 0. The zero-order chi connectivity index (χ0) is 16.5. The Morgan fingerprint density at radius 3 is 1.52 bits per heavy atom. The van der Waals surface area contributed by atoms with Crippen LogP contribution in [0.1, 0.15) is 42.4 Å². The van der Waals surface area contributed by atoms with E-state index in [0.717, 1.165) is 16.8 Å². The fraction of sp³-hybridized carbons (Fsp3) is 0.190. The van der Waals surface area contributed by atoms with Crippen molar-refractivity contribution in [3.63, 3.8) is 0 Å². The average molecular weight is 299 g/mol. The second kappa shape index (κ2) is 8.94. The lowest BCUT2D eigenvalue weighted by atomic mass is 9.76. The van der Waals surface area contributed by atoms with Crippen molar-refractivity contribution in [1.82, 2.24) is 4.98 Å². The van der Waals surface area contributed by atoms with Crippen molar-refractivity contribution in [1.29, 1.82) is 0 Å². The topological polar surface area (TPSA) is 12.9 Å². The van der Waals surface area contributed by atoms with Crippen LogP contribution in [0.2, 0.25) is 0 Å². The zero-order valence-corrected chi connectivity index (χ0v) is 13.8. The van der Waals surface area contributed by atoms with E-state index in [-0.39, 0.29) is 5.82 Å². The van der Waals surface area contributed by atoms with E-state index in [2.05, 4.69) is 43.1 Å². The van der Waals surface area contributed by atoms with Gasteiger partial charge in [-0.05, 0) is 35.0 Å². The van der Waals surface area contributed by atoms with E-state index in [0.29, 0.717) is 5.92 Å². The summed E-state index contributed by atoms with van der Waals surface area (Å²) in [6, 6.07) is 26.3. The summed E-state index contributed by atoms with van der Waals surface area (Å²) < 4.78 is 0. The Morgan fingerprint density at radius 2 is 1.17 bits per heavy atom. The van der Waals surface area contributed by atoms with E-state index in [1.807, 2.05) is 60.8 Å². The van der Waals surface area contributed by atoms with E-state index in [9.17, 15) is 0 Å². The highest BCUT2D eigenvalue weighted by molar-refractivity contribution is 6.14. The van der Waals surface area contributed by atoms with Gasteiger partial charge in [0.1, 0.15) is 0 Å². The Labute approximate surface area is 140 Å². The summed E-state index contributed by atoms with van der Waals surface area (Å²) in [4.78, 5) is 4.18. The maximum atomic E-state index is 6.12. The molecule has 0 unspecified atom stereocenters. The highest BCUT2D eigenvalue weighted by Crippen LogP contribution is 2.20. The normalized spacial score (nSPS) is 10.3. The molecular formula is C21H22BN. The average Bonchev–Trinajstić information content (AvgIpc) is 2.64. The summed E-state index contributed by atoms with van der Waals surface area (Å²) in [6.07, 6.45) is 1.83. The van der Waals surface area contributed by atoms with Gasteiger partial charge in [-0.15, -0.1) is 0 Å². The molecule has 0 spiro atoms.